The number of unbranched alkanes of at least 4 members (excludes halogenated alkanes) is 3. The molecule has 2 amide bonds. The van der Waals surface area contributed by atoms with E-state index in [1.54, 1.807) is 22.8 Å². The minimum absolute atomic E-state index is 0.0839. The normalized spacial score (nSPS) is 35.4. The van der Waals surface area contributed by atoms with Crippen molar-refractivity contribution in [1.82, 2.24) is 9.80 Å². The summed E-state index contributed by atoms with van der Waals surface area (Å²) in [6, 6.07) is -0.937. The first-order chi connectivity index (χ1) is 15.1. The van der Waals surface area contributed by atoms with Crippen LogP contribution in [0.25, 0.3) is 0 Å². The Kier molecular flexibility index (Phi) is 7.05. The molecule has 1 spiro atoms. The Morgan fingerprint density at radius 3 is 2.53 bits per heavy atom. The first kappa shape index (κ1) is 24.7. The van der Waals surface area contributed by atoms with Crippen LogP contribution in [-0.4, -0.2) is 80.8 Å². The zero-order valence-electron chi connectivity index (χ0n) is 19.7. The number of rotatable bonds is 11. The van der Waals surface area contributed by atoms with Crippen LogP contribution in [0.3, 0.4) is 0 Å². The van der Waals surface area contributed by atoms with Gasteiger partial charge >= 0.3 is 5.97 Å². The molecule has 2 N–H and O–H groups in total. The minimum atomic E-state index is -1.12. The van der Waals surface area contributed by atoms with Crippen molar-refractivity contribution in [3.05, 3.63) is 12.7 Å². The van der Waals surface area contributed by atoms with Gasteiger partial charge in [0.15, 0.2) is 0 Å². The van der Waals surface area contributed by atoms with Gasteiger partial charge in [-0.1, -0.05) is 25.8 Å². The van der Waals surface area contributed by atoms with Gasteiger partial charge in [-0.2, -0.15) is 0 Å². The van der Waals surface area contributed by atoms with Crippen molar-refractivity contribution in [2.75, 3.05) is 19.7 Å². The number of ether oxygens (including phenoxy) is 1. The van der Waals surface area contributed by atoms with Gasteiger partial charge in [0.1, 0.15) is 17.6 Å². The Hall–Kier alpha value is -1.93. The highest BCUT2D eigenvalue weighted by molar-refractivity contribution is 5.98. The molecule has 8 nitrogen and oxygen atoms in total. The maximum absolute atomic E-state index is 13.9. The molecule has 3 saturated heterocycles. The Morgan fingerprint density at radius 1 is 1.31 bits per heavy atom. The van der Waals surface area contributed by atoms with E-state index in [9.17, 15) is 19.5 Å². The Balaban J connectivity index is 2.00. The molecule has 180 valence electrons. The van der Waals surface area contributed by atoms with Crippen molar-refractivity contribution < 1.29 is 29.3 Å². The quantitative estimate of drug-likeness (QED) is 0.369. The predicted molar refractivity (Wildman–Crippen MR) is 119 cm³/mol. The number of carbonyl (C=O) groups is 3. The number of likely N-dealkylation sites (tertiary alicyclic amines) is 1. The summed E-state index contributed by atoms with van der Waals surface area (Å²) in [4.78, 5) is 43.2. The van der Waals surface area contributed by atoms with E-state index >= 15 is 0 Å². The average molecular weight is 451 g/mol. The fraction of sp³-hybridized carbons (Fsp3) is 0.792. The summed E-state index contributed by atoms with van der Waals surface area (Å²) >= 11 is 0. The third-order valence-corrected chi connectivity index (χ3v) is 7.85. The van der Waals surface area contributed by atoms with Gasteiger partial charge in [0, 0.05) is 25.7 Å². The number of amides is 2. The van der Waals surface area contributed by atoms with E-state index in [0.717, 1.165) is 12.8 Å². The molecule has 0 radical (unpaired) electrons. The maximum atomic E-state index is 13.9. The molecule has 3 unspecified atom stereocenters. The van der Waals surface area contributed by atoms with Crippen LogP contribution in [0.2, 0.25) is 0 Å². The molecule has 0 aromatic carbocycles. The zero-order valence-corrected chi connectivity index (χ0v) is 19.7. The number of carboxylic acid groups (broad SMARTS) is 1. The standard InChI is InChI=1S/C24H38N2O6/c1-6-11-25(15(2)3)21(29)19-24-14-16(4)23(5,32-24)18(22(30)31)17(24)20(28)26(19)12-9-7-8-10-13-27/h6,15-19,27H,1,7-14H2,2-5H3,(H,30,31)/t16?,17-,18-,19?,23+,24?/m0/s1. The van der Waals surface area contributed by atoms with Crippen LogP contribution in [0.1, 0.15) is 59.8 Å². The van der Waals surface area contributed by atoms with E-state index in [-0.39, 0.29) is 30.4 Å². The Morgan fingerprint density at radius 2 is 1.97 bits per heavy atom. The number of hydrogen-bond donors (Lipinski definition) is 2. The molecule has 0 aliphatic carbocycles. The number of aliphatic hydroxyl groups excluding tert-OH is 1. The van der Waals surface area contributed by atoms with Crippen molar-refractivity contribution >= 4 is 17.8 Å². The third-order valence-electron chi connectivity index (χ3n) is 7.85. The molecule has 8 heteroatoms. The van der Waals surface area contributed by atoms with Crippen LogP contribution in [-0.2, 0) is 19.1 Å². The fourth-order valence-corrected chi connectivity index (χ4v) is 6.23. The lowest BCUT2D eigenvalue weighted by atomic mass is 9.62. The highest BCUT2D eigenvalue weighted by Crippen LogP contribution is 2.65. The first-order valence-corrected chi connectivity index (χ1v) is 11.8. The van der Waals surface area contributed by atoms with Crippen LogP contribution < -0.4 is 0 Å². The monoisotopic (exact) mass is 450 g/mol. The SMILES string of the molecule is C=CCN(C(=O)C1N(CCCCCCO)C(=O)[C@@H]2[C@@H](C(=O)O)[C@]3(C)OC12CC3C)C(C)C. The summed E-state index contributed by atoms with van der Waals surface area (Å²) in [5.74, 6) is -3.43. The summed E-state index contributed by atoms with van der Waals surface area (Å²) in [5.41, 5.74) is -2.09. The molecule has 0 saturated carbocycles. The fourth-order valence-electron chi connectivity index (χ4n) is 6.23. The van der Waals surface area contributed by atoms with Gasteiger partial charge < -0.3 is 24.7 Å². The molecular weight excluding hydrogens is 412 g/mol. The molecule has 3 rings (SSSR count). The van der Waals surface area contributed by atoms with Crippen LogP contribution in [0.4, 0.5) is 0 Å². The summed E-state index contributed by atoms with van der Waals surface area (Å²) in [6.45, 7) is 12.2. The van der Waals surface area contributed by atoms with Crippen molar-refractivity contribution in [2.45, 2.75) is 83.1 Å². The summed E-state index contributed by atoms with van der Waals surface area (Å²) < 4.78 is 6.50. The lowest BCUT2D eigenvalue weighted by Crippen LogP contribution is -2.57. The second kappa shape index (κ2) is 9.14. The van der Waals surface area contributed by atoms with Crippen LogP contribution in [0.15, 0.2) is 12.7 Å². The van der Waals surface area contributed by atoms with Gasteiger partial charge in [0.05, 0.1) is 11.5 Å². The largest absolute Gasteiger partial charge is 0.481 e. The number of nitrogens with zero attached hydrogens (tertiary/aromatic N) is 2. The van der Waals surface area contributed by atoms with Gasteiger partial charge in [-0.05, 0) is 46.0 Å². The molecule has 3 aliphatic heterocycles. The van der Waals surface area contributed by atoms with E-state index < -0.39 is 35.0 Å². The van der Waals surface area contributed by atoms with E-state index in [2.05, 4.69) is 6.58 Å². The van der Waals surface area contributed by atoms with Crippen LogP contribution in [0.5, 0.6) is 0 Å². The molecule has 3 heterocycles. The van der Waals surface area contributed by atoms with E-state index in [1.807, 2.05) is 20.8 Å². The van der Waals surface area contributed by atoms with Gasteiger partial charge in [0.25, 0.3) is 0 Å². The number of aliphatic carboxylic acids is 1. The van der Waals surface area contributed by atoms with Crippen molar-refractivity contribution in [3.8, 4) is 0 Å². The van der Waals surface area contributed by atoms with E-state index in [1.165, 1.54) is 0 Å². The second-order valence-corrected chi connectivity index (χ2v) is 10.1. The van der Waals surface area contributed by atoms with E-state index in [0.29, 0.717) is 32.4 Å². The van der Waals surface area contributed by atoms with Gasteiger partial charge in [-0.3, -0.25) is 14.4 Å². The average Bonchev–Trinajstić information content (AvgIpc) is 3.22. The van der Waals surface area contributed by atoms with Crippen molar-refractivity contribution in [2.24, 2.45) is 17.8 Å². The molecule has 0 aromatic heterocycles. The van der Waals surface area contributed by atoms with Gasteiger partial charge in [0.2, 0.25) is 11.8 Å². The maximum Gasteiger partial charge on any atom is 0.310 e. The van der Waals surface area contributed by atoms with Crippen molar-refractivity contribution in [1.29, 1.82) is 0 Å². The minimum Gasteiger partial charge on any atom is -0.481 e. The summed E-state index contributed by atoms with van der Waals surface area (Å²) in [6.07, 6.45) is 5.20. The van der Waals surface area contributed by atoms with E-state index in [4.69, 9.17) is 9.84 Å². The zero-order chi connectivity index (χ0) is 23.8. The summed E-state index contributed by atoms with van der Waals surface area (Å²) in [5, 5.41) is 19.1. The highest BCUT2D eigenvalue weighted by atomic mass is 16.5. The van der Waals surface area contributed by atoms with Gasteiger partial charge in [-0.15, -0.1) is 6.58 Å². The first-order valence-electron chi connectivity index (χ1n) is 11.8. The molecule has 3 fully saturated rings. The van der Waals surface area contributed by atoms with Gasteiger partial charge in [-0.25, -0.2) is 0 Å². The Bertz CT molecular complexity index is 770. The number of carbonyl (C=O) groups excluding carboxylic acids is 2. The smallest absolute Gasteiger partial charge is 0.310 e. The predicted octanol–water partition coefficient (Wildman–Crippen LogP) is 2.06. The molecule has 0 aromatic rings. The topological polar surface area (TPSA) is 107 Å². The Labute approximate surface area is 190 Å². The molecule has 3 aliphatic rings. The van der Waals surface area contributed by atoms with Crippen LogP contribution >= 0.6 is 0 Å². The van der Waals surface area contributed by atoms with Crippen LogP contribution in [0, 0.1) is 17.8 Å². The lowest BCUT2D eigenvalue weighted by molar-refractivity contribution is -0.158. The molecule has 6 atom stereocenters. The number of hydrogen-bond acceptors (Lipinski definition) is 5. The van der Waals surface area contributed by atoms with Crippen molar-refractivity contribution in [3.63, 3.8) is 0 Å². The summed E-state index contributed by atoms with van der Waals surface area (Å²) in [7, 11) is 0. The second-order valence-electron chi connectivity index (χ2n) is 10.1. The molecule has 2 bridgehead atoms. The molecular formula is C24H38N2O6. The number of aliphatic hydroxyl groups is 1. The molecule has 32 heavy (non-hydrogen) atoms. The number of carboxylic acids is 1. The third kappa shape index (κ3) is 3.65. The number of fused-ring (bicyclic) bond motifs is 1. The highest BCUT2D eigenvalue weighted by Gasteiger charge is 2.80. The lowest BCUT2D eigenvalue weighted by Gasteiger charge is -2.38.